The monoisotopic (exact) mass is 356 g/mol. The Morgan fingerprint density at radius 1 is 1.19 bits per heavy atom. The molecule has 0 unspecified atom stereocenters. The molecule has 1 fully saturated rings. The van der Waals surface area contributed by atoms with Crippen molar-refractivity contribution in [3.05, 3.63) is 36.1 Å². The summed E-state index contributed by atoms with van der Waals surface area (Å²) >= 11 is 0. The highest BCUT2D eigenvalue weighted by Gasteiger charge is 2.35. The fourth-order valence-electron chi connectivity index (χ4n) is 3.42. The quantitative estimate of drug-likeness (QED) is 0.789. The number of hydrogen-bond donors (Lipinski definition) is 0. The van der Waals surface area contributed by atoms with Gasteiger partial charge in [0.1, 0.15) is 11.4 Å². The molecule has 1 aliphatic rings. The number of ether oxygens (including phenoxy) is 1. The summed E-state index contributed by atoms with van der Waals surface area (Å²) in [7, 11) is 1.65. The zero-order valence-corrected chi connectivity index (χ0v) is 16.1. The second-order valence-corrected chi connectivity index (χ2v) is 7.96. The lowest BCUT2D eigenvalue weighted by molar-refractivity contribution is -0.142. The van der Waals surface area contributed by atoms with Crippen LogP contribution in [0.2, 0.25) is 0 Å². The molecule has 0 saturated carbocycles. The van der Waals surface area contributed by atoms with Gasteiger partial charge in [-0.2, -0.15) is 0 Å². The number of methoxy groups -OCH3 is 1. The van der Waals surface area contributed by atoms with Crippen molar-refractivity contribution in [2.24, 2.45) is 5.41 Å². The molecule has 0 N–H and O–H groups in total. The number of aromatic nitrogens is 1. The van der Waals surface area contributed by atoms with Gasteiger partial charge in [0.05, 0.1) is 13.2 Å². The average molecular weight is 356 g/mol. The number of benzene rings is 1. The van der Waals surface area contributed by atoms with Crippen molar-refractivity contribution in [1.82, 2.24) is 10.1 Å². The van der Waals surface area contributed by atoms with Crippen LogP contribution in [0, 0.1) is 5.41 Å². The summed E-state index contributed by atoms with van der Waals surface area (Å²) in [6, 6.07) is 9.68. The van der Waals surface area contributed by atoms with E-state index in [4.69, 9.17) is 9.26 Å². The van der Waals surface area contributed by atoms with Crippen LogP contribution in [0.5, 0.6) is 5.75 Å². The Balaban J connectivity index is 1.87. The Hall–Kier alpha value is -2.30. The van der Waals surface area contributed by atoms with E-state index < -0.39 is 5.41 Å². The standard InChI is InChI=1S/C21H28N2O3/c1-21(2,3)20(24)23-13-7-5-6-8-18(23)19-14-17(22-26-19)15-9-11-16(25-4)12-10-15/h9-12,14,18H,5-8,13H2,1-4H3/t18-/m1/s1. The Morgan fingerprint density at radius 3 is 2.58 bits per heavy atom. The fraction of sp³-hybridized carbons (Fsp3) is 0.524. The maximum atomic E-state index is 13.0. The number of carbonyl (C=O) groups is 1. The van der Waals surface area contributed by atoms with E-state index in [1.807, 2.05) is 56.0 Å². The molecule has 140 valence electrons. The fourth-order valence-corrected chi connectivity index (χ4v) is 3.42. The van der Waals surface area contributed by atoms with Crippen LogP contribution < -0.4 is 4.74 Å². The van der Waals surface area contributed by atoms with Crippen molar-refractivity contribution in [3.63, 3.8) is 0 Å². The van der Waals surface area contributed by atoms with Crippen LogP contribution in [-0.4, -0.2) is 29.6 Å². The number of nitrogens with zero attached hydrogens (tertiary/aromatic N) is 2. The minimum absolute atomic E-state index is 0.0382. The van der Waals surface area contributed by atoms with Gasteiger partial charge in [0.2, 0.25) is 5.91 Å². The molecule has 0 radical (unpaired) electrons. The van der Waals surface area contributed by atoms with Gasteiger partial charge in [-0.15, -0.1) is 0 Å². The normalized spacial score (nSPS) is 18.5. The molecule has 2 aromatic rings. The van der Waals surface area contributed by atoms with E-state index in [2.05, 4.69) is 5.16 Å². The van der Waals surface area contributed by atoms with Gasteiger partial charge in [-0.05, 0) is 37.1 Å². The molecule has 1 amide bonds. The van der Waals surface area contributed by atoms with Gasteiger partial charge in [0, 0.05) is 23.6 Å². The van der Waals surface area contributed by atoms with Crippen molar-refractivity contribution in [3.8, 4) is 17.0 Å². The van der Waals surface area contributed by atoms with Crippen molar-refractivity contribution < 1.29 is 14.1 Å². The van der Waals surface area contributed by atoms with Gasteiger partial charge in [0.25, 0.3) is 0 Å². The second-order valence-electron chi connectivity index (χ2n) is 7.96. The zero-order valence-electron chi connectivity index (χ0n) is 16.1. The van der Waals surface area contributed by atoms with Gasteiger partial charge in [-0.1, -0.05) is 38.8 Å². The smallest absolute Gasteiger partial charge is 0.228 e. The van der Waals surface area contributed by atoms with E-state index in [1.54, 1.807) is 7.11 Å². The molecule has 0 aliphatic carbocycles. The summed E-state index contributed by atoms with van der Waals surface area (Å²) in [6.07, 6.45) is 4.19. The highest BCUT2D eigenvalue weighted by Crippen LogP contribution is 2.35. The molecule has 5 heteroatoms. The van der Waals surface area contributed by atoms with Crippen LogP contribution in [0.3, 0.4) is 0 Å². The van der Waals surface area contributed by atoms with E-state index >= 15 is 0 Å². The second kappa shape index (κ2) is 7.52. The third-order valence-corrected chi connectivity index (χ3v) is 4.90. The minimum Gasteiger partial charge on any atom is -0.497 e. The summed E-state index contributed by atoms with van der Waals surface area (Å²) in [5.74, 6) is 1.75. The van der Waals surface area contributed by atoms with Crippen LogP contribution in [0.1, 0.15) is 58.3 Å². The SMILES string of the molecule is COc1ccc(-c2cc([C@H]3CCCCCN3C(=O)C(C)(C)C)on2)cc1. The van der Waals surface area contributed by atoms with Crippen LogP contribution >= 0.6 is 0 Å². The third kappa shape index (κ3) is 3.92. The van der Waals surface area contributed by atoms with E-state index in [0.717, 1.165) is 55.0 Å². The van der Waals surface area contributed by atoms with Gasteiger partial charge in [0.15, 0.2) is 5.76 Å². The molecule has 2 heterocycles. The Morgan fingerprint density at radius 2 is 1.92 bits per heavy atom. The first-order valence-corrected chi connectivity index (χ1v) is 9.32. The summed E-state index contributed by atoms with van der Waals surface area (Å²) in [4.78, 5) is 14.9. The Labute approximate surface area is 155 Å². The molecule has 3 rings (SSSR count). The van der Waals surface area contributed by atoms with E-state index in [1.165, 1.54) is 0 Å². The van der Waals surface area contributed by atoms with Gasteiger partial charge in [-0.3, -0.25) is 4.79 Å². The van der Waals surface area contributed by atoms with Crippen molar-refractivity contribution in [2.45, 2.75) is 52.5 Å². The molecule has 0 spiro atoms. The van der Waals surface area contributed by atoms with Crippen LogP contribution in [-0.2, 0) is 4.79 Å². The maximum absolute atomic E-state index is 13.0. The Kier molecular flexibility index (Phi) is 5.35. The van der Waals surface area contributed by atoms with Crippen molar-refractivity contribution >= 4 is 5.91 Å². The van der Waals surface area contributed by atoms with E-state index in [-0.39, 0.29) is 11.9 Å². The number of amides is 1. The first kappa shape index (κ1) is 18.5. The molecule has 1 aliphatic heterocycles. The van der Waals surface area contributed by atoms with Crippen molar-refractivity contribution in [1.29, 1.82) is 0 Å². The van der Waals surface area contributed by atoms with Crippen LogP contribution in [0.15, 0.2) is 34.9 Å². The van der Waals surface area contributed by atoms with Gasteiger partial charge >= 0.3 is 0 Å². The molecule has 1 aromatic heterocycles. The average Bonchev–Trinajstić information content (AvgIpc) is 2.98. The van der Waals surface area contributed by atoms with Crippen LogP contribution in [0.4, 0.5) is 0 Å². The topological polar surface area (TPSA) is 55.6 Å². The van der Waals surface area contributed by atoms with Crippen LogP contribution in [0.25, 0.3) is 11.3 Å². The highest BCUT2D eigenvalue weighted by molar-refractivity contribution is 5.82. The summed E-state index contributed by atoms with van der Waals surface area (Å²) < 4.78 is 10.9. The maximum Gasteiger partial charge on any atom is 0.228 e. The predicted molar refractivity (Wildman–Crippen MR) is 101 cm³/mol. The predicted octanol–water partition coefficient (Wildman–Crippen LogP) is 4.84. The molecule has 1 saturated heterocycles. The molecular formula is C21H28N2O3. The van der Waals surface area contributed by atoms with E-state index in [9.17, 15) is 4.79 Å². The Bertz CT molecular complexity index is 743. The highest BCUT2D eigenvalue weighted by atomic mass is 16.5. The first-order valence-electron chi connectivity index (χ1n) is 9.32. The molecule has 0 bridgehead atoms. The lowest BCUT2D eigenvalue weighted by Gasteiger charge is -2.33. The molecule has 26 heavy (non-hydrogen) atoms. The lowest BCUT2D eigenvalue weighted by atomic mass is 9.93. The third-order valence-electron chi connectivity index (χ3n) is 4.90. The number of likely N-dealkylation sites (tertiary alicyclic amines) is 1. The van der Waals surface area contributed by atoms with E-state index in [0.29, 0.717) is 0 Å². The van der Waals surface area contributed by atoms with Gasteiger partial charge < -0.3 is 14.2 Å². The zero-order chi connectivity index (χ0) is 18.7. The van der Waals surface area contributed by atoms with Crippen molar-refractivity contribution in [2.75, 3.05) is 13.7 Å². The largest absolute Gasteiger partial charge is 0.497 e. The lowest BCUT2D eigenvalue weighted by Crippen LogP contribution is -2.41. The summed E-state index contributed by atoms with van der Waals surface area (Å²) in [5.41, 5.74) is 1.36. The molecular weight excluding hydrogens is 328 g/mol. The molecule has 1 atom stereocenters. The summed E-state index contributed by atoms with van der Waals surface area (Å²) in [6.45, 7) is 6.70. The summed E-state index contributed by atoms with van der Waals surface area (Å²) in [5, 5.41) is 4.25. The number of hydrogen-bond acceptors (Lipinski definition) is 4. The molecule has 1 aromatic carbocycles. The number of rotatable bonds is 3. The first-order chi connectivity index (χ1) is 12.4. The van der Waals surface area contributed by atoms with Gasteiger partial charge in [-0.25, -0.2) is 0 Å². The molecule has 5 nitrogen and oxygen atoms in total. The minimum atomic E-state index is -0.401. The number of carbonyl (C=O) groups excluding carboxylic acids is 1.